The number of hydrogen-bond acceptors (Lipinski definition) is 2. The van der Waals surface area contributed by atoms with Crippen LogP contribution in [0.4, 0.5) is 34.1 Å². The van der Waals surface area contributed by atoms with Crippen LogP contribution < -0.4 is 9.80 Å². The minimum atomic E-state index is -0.621. The van der Waals surface area contributed by atoms with Crippen LogP contribution in [0.3, 0.4) is 0 Å². The zero-order valence-corrected chi connectivity index (χ0v) is 36.0. The predicted molar refractivity (Wildman–Crippen MR) is 268 cm³/mol. The number of rotatable bonds is 8. The van der Waals surface area contributed by atoms with Crippen molar-refractivity contribution in [3.63, 3.8) is 0 Å². The normalized spacial score (nSPS) is 15.2. The first kappa shape index (κ1) is 37.8. The fraction of sp³-hybridized carbons (Fsp3) is 0.0645. The Morgan fingerprint density at radius 1 is 0.266 bits per heavy atom. The lowest BCUT2D eigenvalue weighted by Crippen LogP contribution is -2.29. The van der Waals surface area contributed by atoms with E-state index in [1.54, 1.807) is 0 Å². The van der Waals surface area contributed by atoms with Gasteiger partial charge in [-0.1, -0.05) is 172 Å². The van der Waals surface area contributed by atoms with Crippen LogP contribution in [0.15, 0.2) is 243 Å². The number of nitrogens with zero attached hydrogens (tertiary/aromatic N) is 2. The molecule has 0 spiro atoms. The maximum Gasteiger partial charge on any atom is 0.0714 e. The fourth-order valence-corrected chi connectivity index (χ4v) is 10.9. The van der Waals surface area contributed by atoms with E-state index in [2.05, 4.69) is 266 Å². The number of para-hydroxylation sites is 3. The van der Waals surface area contributed by atoms with Crippen LogP contribution in [0.1, 0.15) is 47.2 Å². The van der Waals surface area contributed by atoms with E-state index in [1.807, 2.05) is 0 Å². The highest BCUT2D eigenvalue weighted by atomic mass is 15.1. The number of benzene rings is 10. The van der Waals surface area contributed by atoms with Gasteiger partial charge in [0.05, 0.1) is 5.41 Å². The Balaban J connectivity index is 1.08. The average Bonchev–Trinajstić information content (AvgIpc) is 3.76. The van der Waals surface area contributed by atoms with Gasteiger partial charge in [0.2, 0.25) is 0 Å². The molecule has 0 amide bonds. The third-order valence-corrected chi connectivity index (χ3v) is 13.9. The molecule has 0 saturated carbocycles. The van der Waals surface area contributed by atoms with Crippen LogP contribution >= 0.6 is 0 Å². The fourth-order valence-electron chi connectivity index (χ4n) is 10.9. The zero-order valence-electron chi connectivity index (χ0n) is 36.0. The first-order chi connectivity index (χ1) is 31.5. The molecule has 1 unspecified atom stereocenters. The van der Waals surface area contributed by atoms with E-state index in [0.717, 1.165) is 34.1 Å². The molecule has 10 aromatic carbocycles. The maximum absolute atomic E-state index is 2.46. The van der Waals surface area contributed by atoms with E-state index in [1.165, 1.54) is 66.4 Å². The van der Waals surface area contributed by atoms with Crippen molar-refractivity contribution in [1.29, 1.82) is 0 Å². The number of hydrogen-bond donors (Lipinski definition) is 0. The monoisotopic (exact) mass is 818 g/mol. The van der Waals surface area contributed by atoms with Gasteiger partial charge in [-0.25, -0.2) is 0 Å². The first-order valence-electron chi connectivity index (χ1n) is 22.3. The Bertz CT molecular complexity index is 3300. The lowest BCUT2D eigenvalue weighted by atomic mass is 9.67. The van der Waals surface area contributed by atoms with Crippen molar-refractivity contribution < 1.29 is 0 Å². The molecule has 0 N–H and O–H groups in total. The van der Waals surface area contributed by atoms with Gasteiger partial charge in [-0.2, -0.15) is 0 Å². The van der Waals surface area contributed by atoms with E-state index >= 15 is 0 Å². The third kappa shape index (κ3) is 5.80. The lowest BCUT2D eigenvalue weighted by Gasteiger charge is -2.35. The van der Waals surface area contributed by atoms with Gasteiger partial charge < -0.3 is 9.80 Å². The van der Waals surface area contributed by atoms with Crippen molar-refractivity contribution in [3.05, 3.63) is 276 Å². The Kier molecular flexibility index (Phi) is 8.77. The molecule has 2 aliphatic rings. The first-order valence-corrected chi connectivity index (χ1v) is 22.3. The molecule has 0 bridgehead atoms. The molecule has 0 saturated heterocycles. The van der Waals surface area contributed by atoms with Crippen molar-refractivity contribution in [2.45, 2.75) is 24.7 Å². The highest BCUT2D eigenvalue weighted by Gasteiger charge is 2.47. The Morgan fingerprint density at radius 2 is 0.656 bits per heavy atom. The number of fused-ring (bicyclic) bond motifs is 7. The smallest absolute Gasteiger partial charge is 0.0714 e. The molecule has 10 aromatic rings. The van der Waals surface area contributed by atoms with Crippen LogP contribution in [0, 0.1) is 0 Å². The van der Waals surface area contributed by atoms with Crippen molar-refractivity contribution >= 4 is 44.9 Å². The van der Waals surface area contributed by atoms with Crippen LogP contribution in [0.25, 0.3) is 33.0 Å². The summed E-state index contributed by atoms with van der Waals surface area (Å²) in [6.07, 6.45) is 0. The van der Waals surface area contributed by atoms with Crippen LogP contribution in [-0.4, -0.2) is 0 Å². The summed E-state index contributed by atoms with van der Waals surface area (Å²) >= 11 is 0. The van der Waals surface area contributed by atoms with E-state index in [0.29, 0.717) is 0 Å². The van der Waals surface area contributed by atoms with Crippen molar-refractivity contribution in [2.24, 2.45) is 0 Å². The lowest BCUT2D eigenvalue weighted by molar-refractivity contribution is 0.660. The molecule has 0 heterocycles. The van der Waals surface area contributed by atoms with Gasteiger partial charge in [0.25, 0.3) is 0 Å². The summed E-state index contributed by atoms with van der Waals surface area (Å²) in [4.78, 5) is 4.80. The molecule has 0 aliphatic heterocycles. The van der Waals surface area contributed by atoms with E-state index < -0.39 is 5.41 Å². The van der Waals surface area contributed by atoms with Crippen molar-refractivity contribution in [2.75, 3.05) is 9.80 Å². The summed E-state index contributed by atoms with van der Waals surface area (Å²) in [5.41, 5.74) is 18.9. The van der Waals surface area contributed by atoms with Gasteiger partial charge in [-0.3, -0.25) is 0 Å². The van der Waals surface area contributed by atoms with Gasteiger partial charge >= 0.3 is 0 Å². The van der Waals surface area contributed by atoms with Crippen molar-refractivity contribution in [3.8, 4) is 22.3 Å². The molecule has 0 aromatic heterocycles. The summed E-state index contributed by atoms with van der Waals surface area (Å²) in [7, 11) is 0. The number of anilines is 6. The Hall–Kier alpha value is -7.94. The molecular weight excluding hydrogens is 773 g/mol. The summed E-state index contributed by atoms with van der Waals surface area (Å²) in [5, 5.41) is 2.48. The van der Waals surface area contributed by atoms with Gasteiger partial charge in [-0.05, 0) is 151 Å². The van der Waals surface area contributed by atoms with Crippen LogP contribution in [0.5, 0.6) is 0 Å². The second-order valence-corrected chi connectivity index (χ2v) is 17.7. The van der Waals surface area contributed by atoms with Gasteiger partial charge in [-0.15, -0.1) is 0 Å². The quantitative estimate of drug-likeness (QED) is 0.151. The second kappa shape index (κ2) is 14.9. The average molecular weight is 819 g/mol. The molecule has 304 valence electrons. The van der Waals surface area contributed by atoms with E-state index in [4.69, 9.17) is 0 Å². The van der Waals surface area contributed by atoms with Crippen molar-refractivity contribution in [1.82, 2.24) is 0 Å². The molecule has 64 heavy (non-hydrogen) atoms. The van der Waals surface area contributed by atoms with Crippen LogP contribution in [-0.2, 0) is 10.8 Å². The highest BCUT2D eigenvalue weighted by molar-refractivity contribution is 5.97. The van der Waals surface area contributed by atoms with Gasteiger partial charge in [0.15, 0.2) is 0 Å². The zero-order chi connectivity index (χ0) is 42.8. The molecule has 2 nitrogen and oxygen atoms in total. The third-order valence-electron chi connectivity index (χ3n) is 13.9. The Labute approximate surface area is 376 Å². The molecular formula is C62H46N2. The summed E-state index contributed by atoms with van der Waals surface area (Å²) in [6.45, 7) is 4.72. The molecule has 0 fully saturated rings. The topological polar surface area (TPSA) is 6.48 Å². The van der Waals surface area contributed by atoms with E-state index in [-0.39, 0.29) is 5.41 Å². The van der Waals surface area contributed by atoms with Gasteiger partial charge in [0.1, 0.15) is 0 Å². The summed E-state index contributed by atoms with van der Waals surface area (Å²) in [6, 6.07) is 89.6. The molecule has 2 aliphatic carbocycles. The minimum absolute atomic E-state index is 0.112. The largest absolute Gasteiger partial charge is 0.310 e. The SMILES string of the molecule is CC1(C)c2ccccc2-c2ccc(N(c3ccccc3)c3ccc(C4(c5ccccc5)c5cc(N(c6ccccc6)c6ccccc6)ccc5-c5cc6ccccc6cc54)cc3)cc21. The molecule has 2 heteroatoms. The van der Waals surface area contributed by atoms with Gasteiger partial charge in [0, 0.05) is 39.5 Å². The minimum Gasteiger partial charge on any atom is -0.310 e. The van der Waals surface area contributed by atoms with E-state index in [9.17, 15) is 0 Å². The van der Waals surface area contributed by atoms with Crippen LogP contribution in [0.2, 0.25) is 0 Å². The molecule has 1 atom stereocenters. The molecule has 0 radical (unpaired) electrons. The summed E-state index contributed by atoms with van der Waals surface area (Å²) < 4.78 is 0. The Morgan fingerprint density at radius 3 is 1.23 bits per heavy atom. The highest BCUT2D eigenvalue weighted by Crippen LogP contribution is 2.59. The maximum atomic E-state index is 2.46. The molecule has 12 rings (SSSR count). The second-order valence-electron chi connectivity index (χ2n) is 17.7. The summed E-state index contributed by atoms with van der Waals surface area (Å²) in [5.74, 6) is 0. The predicted octanol–water partition coefficient (Wildman–Crippen LogP) is 16.4. The standard InChI is InChI=1S/C62H46N2/c1-61(2)57-30-18-17-29-53(57)54-37-35-51(41-58(54)61)64(49-27-13-6-14-28-49)50-33-31-46(32-34-50)62(45-21-7-3-8-22-45)59-40-44-20-16-15-19-43(44)39-56(59)55-38-36-52(42-60(55)62)63(47-23-9-4-10-24-47)48-25-11-5-12-26-48/h3-42H,1-2H3.